The van der Waals surface area contributed by atoms with Crippen LogP contribution in [0, 0.1) is 0 Å². The lowest BCUT2D eigenvalue weighted by Crippen LogP contribution is -2.11. The van der Waals surface area contributed by atoms with E-state index in [-0.39, 0.29) is 5.91 Å². The summed E-state index contributed by atoms with van der Waals surface area (Å²) in [6, 6.07) is 12.6. The summed E-state index contributed by atoms with van der Waals surface area (Å²) in [5, 5.41) is 4.54. The predicted molar refractivity (Wildman–Crippen MR) is 88.4 cm³/mol. The number of halogens is 3. The fourth-order valence-corrected chi connectivity index (χ4v) is 2.46. The number of carbonyl (C=O) groups excluding carboxylic acids is 1. The third-order valence-electron chi connectivity index (χ3n) is 2.78. The summed E-state index contributed by atoms with van der Waals surface area (Å²) < 4.78 is 0. The summed E-state index contributed by atoms with van der Waals surface area (Å²) in [5.74, 6) is -0.211. The van der Waals surface area contributed by atoms with Gasteiger partial charge in [0.2, 0.25) is 0 Å². The fourth-order valence-electron chi connectivity index (χ4n) is 1.70. The molecule has 0 aliphatic rings. The van der Waals surface area contributed by atoms with Crippen molar-refractivity contribution >= 4 is 50.7 Å². The second-order valence-corrected chi connectivity index (χ2v) is 5.83. The number of aryl methyl sites for hydroxylation is 1. The highest BCUT2D eigenvalue weighted by molar-refractivity contribution is 9.09. The van der Waals surface area contributed by atoms with E-state index in [2.05, 4.69) is 21.2 Å². The minimum atomic E-state index is -0.211. The molecular formula is C15H12BrCl2NO. The van der Waals surface area contributed by atoms with Crippen molar-refractivity contribution in [3.05, 3.63) is 63.6 Å². The highest BCUT2D eigenvalue weighted by atomic mass is 79.9. The highest BCUT2D eigenvalue weighted by Gasteiger charge is 2.08. The number of anilines is 1. The Hall–Kier alpha value is -1.03. The van der Waals surface area contributed by atoms with Gasteiger partial charge in [-0.05, 0) is 42.3 Å². The van der Waals surface area contributed by atoms with Crippen LogP contribution in [0.2, 0.25) is 10.0 Å². The highest BCUT2D eigenvalue weighted by Crippen LogP contribution is 2.23. The Balaban J connectivity index is 2.08. The number of hydrogen-bond donors (Lipinski definition) is 1. The van der Waals surface area contributed by atoms with E-state index in [4.69, 9.17) is 23.2 Å². The molecule has 0 aliphatic carbocycles. The Labute approximate surface area is 136 Å². The molecule has 0 saturated carbocycles. The van der Waals surface area contributed by atoms with Crippen molar-refractivity contribution in [3.8, 4) is 0 Å². The molecule has 2 aromatic rings. The van der Waals surface area contributed by atoms with Crippen LogP contribution in [0.3, 0.4) is 0 Å². The Kier molecular flexibility index (Phi) is 5.46. The van der Waals surface area contributed by atoms with Gasteiger partial charge in [-0.1, -0.05) is 51.3 Å². The van der Waals surface area contributed by atoms with Gasteiger partial charge in [0.1, 0.15) is 0 Å². The van der Waals surface area contributed by atoms with Crippen LogP contribution >= 0.6 is 39.1 Å². The van der Waals surface area contributed by atoms with Gasteiger partial charge >= 0.3 is 0 Å². The average molecular weight is 373 g/mol. The van der Waals surface area contributed by atoms with E-state index in [1.54, 1.807) is 18.2 Å². The standard InChI is InChI=1S/C15H12BrCl2NO/c16-8-7-10-1-4-12(5-2-10)19-15(20)11-3-6-13(17)14(18)9-11/h1-6,9H,7-8H2,(H,19,20). The first-order valence-corrected chi connectivity index (χ1v) is 7.89. The zero-order chi connectivity index (χ0) is 14.5. The third kappa shape index (κ3) is 3.98. The van der Waals surface area contributed by atoms with E-state index in [0.717, 1.165) is 17.4 Å². The minimum absolute atomic E-state index is 0.211. The quantitative estimate of drug-likeness (QED) is 0.735. The SMILES string of the molecule is O=C(Nc1ccc(CCBr)cc1)c1ccc(Cl)c(Cl)c1. The molecule has 5 heteroatoms. The molecule has 0 atom stereocenters. The van der Waals surface area contributed by atoms with Crippen molar-refractivity contribution in [1.82, 2.24) is 0 Å². The largest absolute Gasteiger partial charge is 0.322 e. The van der Waals surface area contributed by atoms with E-state index in [0.29, 0.717) is 15.6 Å². The van der Waals surface area contributed by atoms with Crippen LogP contribution in [0.1, 0.15) is 15.9 Å². The van der Waals surface area contributed by atoms with E-state index < -0.39 is 0 Å². The van der Waals surface area contributed by atoms with E-state index >= 15 is 0 Å². The Bertz CT molecular complexity index is 614. The van der Waals surface area contributed by atoms with Gasteiger partial charge in [0.25, 0.3) is 5.91 Å². The Morgan fingerprint density at radius 2 is 1.75 bits per heavy atom. The molecule has 0 fully saturated rings. The Morgan fingerprint density at radius 1 is 1.05 bits per heavy atom. The van der Waals surface area contributed by atoms with E-state index in [1.165, 1.54) is 5.56 Å². The number of carbonyl (C=O) groups is 1. The molecule has 20 heavy (non-hydrogen) atoms. The first-order chi connectivity index (χ1) is 9.60. The van der Waals surface area contributed by atoms with Gasteiger partial charge in [-0.3, -0.25) is 4.79 Å². The Morgan fingerprint density at radius 3 is 2.35 bits per heavy atom. The maximum absolute atomic E-state index is 12.1. The van der Waals surface area contributed by atoms with Crippen LogP contribution in [0.25, 0.3) is 0 Å². The van der Waals surface area contributed by atoms with E-state index in [1.807, 2.05) is 24.3 Å². The zero-order valence-electron chi connectivity index (χ0n) is 10.5. The maximum Gasteiger partial charge on any atom is 0.255 e. The monoisotopic (exact) mass is 371 g/mol. The van der Waals surface area contributed by atoms with Crippen LogP contribution < -0.4 is 5.32 Å². The molecule has 0 spiro atoms. The summed E-state index contributed by atoms with van der Waals surface area (Å²) >= 11 is 15.1. The van der Waals surface area contributed by atoms with Gasteiger partial charge in [-0.25, -0.2) is 0 Å². The zero-order valence-corrected chi connectivity index (χ0v) is 13.6. The molecule has 1 N–H and O–H groups in total. The lowest BCUT2D eigenvalue weighted by atomic mass is 10.1. The van der Waals surface area contributed by atoms with Gasteiger partial charge in [0, 0.05) is 16.6 Å². The number of hydrogen-bond acceptors (Lipinski definition) is 1. The summed E-state index contributed by atoms with van der Waals surface area (Å²) in [6.07, 6.45) is 0.959. The fraction of sp³-hybridized carbons (Fsp3) is 0.133. The summed E-state index contributed by atoms with van der Waals surface area (Å²) in [4.78, 5) is 12.1. The number of nitrogens with one attached hydrogen (secondary N) is 1. The number of amides is 1. The molecule has 1 amide bonds. The molecule has 0 aromatic heterocycles. The van der Waals surface area contributed by atoms with Crippen molar-refractivity contribution in [2.24, 2.45) is 0 Å². The predicted octanol–water partition coefficient (Wildman–Crippen LogP) is 5.18. The molecule has 0 heterocycles. The van der Waals surface area contributed by atoms with Crippen molar-refractivity contribution in [2.45, 2.75) is 6.42 Å². The van der Waals surface area contributed by atoms with Crippen molar-refractivity contribution in [2.75, 3.05) is 10.6 Å². The molecule has 0 saturated heterocycles. The molecule has 104 valence electrons. The molecule has 0 radical (unpaired) electrons. The number of alkyl halides is 1. The van der Waals surface area contributed by atoms with Gasteiger partial charge < -0.3 is 5.32 Å². The molecule has 2 aromatic carbocycles. The first-order valence-electron chi connectivity index (χ1n) is 6.01. The lowest BCUT2D eigenvalue weighted by molar-refractivity contribution is 0.102. The maximum atomic E-state index is 12.1. The van der Waals surface area contributed by atoms with Crippen LogP contribution in [-0.2, 0) is 6.42 Å². The topological polar surface area (TPSA) is 29.1 Å². The lowest BCUT2D eigenvalue weighted by Gasteiger charge is -2.07. The van der Waals surface area contributed by atoms with Crippen molar-refractivity contribution < 1.29 is 4.79 Å². The van der Waals surface area contributed by atoms with Crippen LogP contribution in [0.15, 0.2) is 42.5 Å². The van der Waals surface area contributed by atoms with Crippen LogP contribution in [-0.4, -0.2) is 11.2 Å². The van der Waals surface area contributed by atoms with Gasteiger partial charge in [0.15, 0.2) is 0 Å². The summed E-state index contributed by atoms with van der Waals surface area (Å²) in [5.41, 5.74) is 2.44. The van der Waals surface area contributed by atoms with Gasteiger partial charge in [-0.15, -0.1) is 0 Å². The third-order valence-corrected chi connectivity index (χ3v) is 3.91. The number of rotatable bonds is 4. The molecule has 2 rings (SSSR count). The normalized spacial score (nSPS) is 10.3. The first kappa shape index (κ1) is 15.4. The van der Waals surface area contributed by atoms with Gasteiger partial charge in [-0.2, -0.15) is 0 Å². The molecule has 0 bridgehead atoms. The summed E-state index contributed by atoms with van der Waals surface area (Å²) in [7, 11) is 0. The smallest absolute Gasteiger partial charge is 0.255 e. The van der Waals surface area contributed by atoms with E-state index in [9.17, 15) is 4.79 Å². The molecule has 0 unspecified atom stereocenters. The van der Waals surface area contributed by atoms with Crippen molar-refractivity contribution in [1.29, 1.82) is 0 Å². The average Bonchev–Trinajstić information content (AvgIpc) is 2.44. The second kappa shape index (κ2) is 7.11. The minimum Gasteiger partial charge on any atom is -0.322 e. The van der Waals surface area contributed by atoms with Crippen molar-refractivity contribution in [3.63, 3.8) is 0 Å². The van der Waals surface area contributed by atoms with Crippen LogP contribution in [0.4, 0.5) is 5.69 Å². The molecule has 2 nitrogen and oxygen atoms in total. The van der Waals surface area contributed by atoms with Crippen LogP contribution in [0.5, 0.6) is 0 Å². The second-order valence-electron chi connectivity index (χ2n) is 4.22. The summed E-state index contributed by atoms with van der Waals surface area (Å²) in [6.45, 7) is 0. The molecule has 0 aliphatic heterocycles. The van der Waals surface area contributed by atoms with Gasteiger partial charge in [0.05, 0.1) is 10.0 Å². The molecular weight excluding hydrogens is 361 g/mol. The number of benzene rings is 2.